The zero-order chi connectivity index (χ0) is 17.8. The molecule has 1 atom stereocenters. The van der Waals surface area contributed by atoms with E-state index in [1.807, 2.05) is 41.7 Å². The maximum absolute atomic E-state index is 12.2. The van der Waals surface area contributed by atoms with Crippen LogP contribution in [0.3, 0.4) is 0 Å². The van der Waals surface area contributed by atoms with Crippen LogP contribution in [-0.4, -0.2) is 35.8 Å². The Morgan fingerprint density at radius 1 is 1.32 bits per heavy atom. The molecule has 0 bridgehead atoms. The summed E-state index contributed by atoms with van der Waals surface area (Å²) in [7, 11) is 1.60. The minimum absolute atomic E-state index is 0.304. The number of amides is 1. The highest BCUT2D eigenvalue weighted by Gasteiger charge is 2.22. The molecule has 1 aromatic carbocycles. The van der Waals surface area contributed by atoms with Gasteiger partial charge in [-0.25, -0.2) is 0 Å². The van der Waals surface area contributed by atoms with Crippen molar-refractivity contribution in [2.24, 2.45) is 0 Å². The third kappa shape index (κ3) is 4.43. The van der Waals surface area contributed by atoms with Gasteiger partial charge in [0.25, 0.3) is 5.91 Å². The zero-order valence-corrected chi connectivity index (χ0v) is 15.9. The summed E-state index contributed by atoms with van der Waals surface area (Å²) in [6.45, 7) is 3.44. The number of rotatable bonds is 6. The molecule has 134 valence electrons. The van der Waals surface area contributed by atoms with Gasteiger partial charge in [-0.3, -0.25) is 4.79 Å². The summed E-state index contributed by atoms with van der Waals surface area (Å²) in [5.74, 6) is 4.19. The van der Waals surface area contributed by atoms with Crippen LogP contribution in [0.4, 0.5) is 5.82 Å². The van der Waals surface area contributed by atoms with Crippen molar-refractivity contribution in [1.29, 1.82) is 0 Å². The van der Waals surface area contributed by atoms with Crippen molar-refractivity contribution in [3.05, 3.63) is 35.6 Å². The van der Waals surface area contributed by atoms with Crippen LogP contribution in [0.1, 0.15) is 22.8 Å². The van der Waals surface area contributed by atoms with Crippen molar-refractivity contribution in [2.75, 3.05) is 23.9 Å². The molecule has 2 heterocycles. The highest BCUT2D eigenvalue weighted by molar-refractivity contribution is 8.19. The van der Waals surface area contributed by atoms with E-state index in [1.165, 1.54) is 5.56 Å². The van der Waals surface area contributed by atoms with Gasteiger partial charge in [0, 0.05) is 17.6 Å². The van der Waals surface area contributed by atoms with Gasteiger partial charge < -0.3 is 19.3 Å². The number of hydrogen-bond donors (Lipinski definition) is 1. The third-order valence-electron chi connectivity index (χ3n) is 3.63. The summed E-state index contributed by atoms with van der Waals surface area (Å²) in [6, 6.07) is 7.52. The lowest BCUT2D eigenvalue weighted by atomic mass is 10.2. The normalized spacial score (nSPS) is 15.8. The highest BCUT2D eigenvalue weighted by Crippen LogP contribution is 2.47. The number of hydrogen-bond acceptors (Lipinski definition) is 7. The topological polar surface area (TPSA) is 73.6 Å². The quantitative estimate of drug-likeness (QED) is 0.815. The van der Waals surface area contributed by atoms with Gasteiger partial charge in [-0.1, -0.05) is 11.2 Å². The number of benzene rings is 1. The zero-order valence-electron chi connectivity index (χ0n) is 14.3. The number of aryl methyl sites for hydroxylation is 1. The van der Waals surface area contributed by atoms with Crippen LogP contribution in [0.25, 0.3) is 0 Å². The molecule has 1 aliphatic heterocycles. The minimum atomic E-state index is -0.702. The number of carbonyl (C=O) groups is 1. The molecule has 25 heavy (non-hydrogen) atoms. The predicted molar refractivity (Wildman–Crippen MR) is 101 cm³/mol. The predicted octanol–water partition coefficient (Wildman–Crippen LogP) is 3.88. The van der Waals surface area contributed by atoms with E-state index in [1.54, 1.807) is 27.0 Å². The number of ether oxygens (including phenoxy) is 2. The van der Waals surface area contributed by atoms with E-state index in [0.717, 1.165) is 11.5 Å². The Balaban J connectivity index is 1.67. The van der Waals surface area contributed by atoms with E-state index in [9.17, 15) is 4.79 Å². The maximum Gasteiger partial charge on any atom is 0.266 e. The Hall–Kier alpha value is -1.80. The number of methoxy groups -OCH3 is 1. The SMILES string of the molecule is COc1cc(C2SCCS2)ccc1OC(C)C(=O)Nc1cc(C)on1. The first-order chi connectivity index (χ1) is 12.1. The third-order valence-corrected chi connectivity index (χ3v) is 6.74. The molecule has 3 rings (SSSR count). The van der Waals surface area contributed by atoms with E-state index < -0.39 is 6.10 Å². The molecular weight excluding hydrogens is 360 g/mol. The fourth-order valence-electron chi connectivity index (χ4n) is 2.38. The molecular formula is C17H20N2O4S2. The molecule has 1 aromatic heterocycles. The molecule has 1 N–H and O–H groups in total. The smallest absolute Gasteiger partial charge is 0.266 e. The van der Waals surface area contributed by atoms with E-state index in [-0.39, 0.29) is 5.91 Å². The van der Waals surface area contributed by atoms with Crippen LogP contribution >= 0.6 is 23.5 Å². The average Bonchev–Trinajstić information content (AvgIpc) is 3.27. The van der Waals surface area contributed by atoms with Crippen LogP contribution in [0, 0.1) is 6.92 Å². The lowest BCUT2D eigenvalue weighted by Crippen LogP contribution is -2.30. The number of anilines is 1. The van der Waals surface area contributed by atoms with Gasteiger partial charge in [-0.05, 0) is 31.5 Å². The molecule has 0 aliphatic carbocycles. The van der Waals surface area contributed by atoms with Crippen LogP contribution in [0.2, 0.25) is 0 Å². The van der Waals surface area contributed by atoms with E-state index in [2.05, 4.69) is 10.5 Å². The van der Waals surface area contributed by atoms with Crippen molar-refractivity contribution in [2.45, 2.75) is 24.5 Å². The molecule has 1 fully saturated rings. The molecule has 1 unspecified atom stereocenters. The molecule has 0 saturated carbocycles. The first-order valence-corrected chi connectivity index (χ1v) is 9.98. The second-order valence-corrected chi connectivity index (χ2v) is 8.28. The van der Waals surface area contributed by atoms with Gasteiger partial charge in [0.05, 0.1) is 11.7 Å². The first-order valence-electron chi connectivity index (χ1n) is 7.89. The van der Waals surface area contributed by atoms with Gasteiger partial charge in [0.2, 0.25) is 0 Å². The van der Waals surface area contributed by atoms with Crippen LogP contribution in [0.15, 0.2) is 28.8 Å². The maximum atomic E-state index is 12.2. The van der Waals surface area contributed by atoms with E-state index in [4.69, 9.17) is 14.0 Å². The number of nitrogens with one attached hydrogen (secondary N) is 1. The molecule has 0 spiro atoms. The second kappa shape index (κ2) is 8.05. The van der Waals surface area contributed by atoms with Crippen LogP contribution in [0.5, 0.6) is 11.5 Å². The van der Waals surface area contributed by atoms with Crippen molar-refractivity contribution < 1.29 is 18.8 Å². The van der Waals surface area contributed by atoms with Gasteiger partial charge in [0.15, 0.2) is 23.4 Å². The monoisotopic (exact) mass is 380 g/mol. The molecule has 8 heteroatoms. The summed E-state index contributed by atoms with van der Waals surface area (Å²) in [4.78, 5) is 12.2. The van der Waals surface area contributed by atoms with Gasteiger partial charge in [-0.15, -0.1) is 23.5 Å². The van der Waals surface area contributed by atoms with E-state index >= 15 is 0 Å². The van der Waals surface area contributed by atoms with Gasteiger partial charge in [0.1, 0.15) is 5.76 Å². The average molecular weight is 380 g/mol. The van der Waals surface area contributed by atoms with Crippen LogP contribution < -0.4 is 14.8 Å². The molecule has 1 amide bonds. The lowest BCUT2D eigenvalue weighted by molar-refractivity contribution is -0.122. The lowest BCUT2D eigenvalue weighted by Gasteiger charge is -2.17. The molecule has 1 aliphatic rings. The Kier molecular flexibility index (Phi) is 5.80. The Morgan fingerprint density at radius 2 is 2.08 bits per heavy atom. The number of aromatic nitrogens is 1. The molecule has 1 saturated heterocycles. The number of nitrogens with zero attached hydrogens (tertiary/aromatic N) is 1. The second-order valence-electron chi connectivity index (χ2n) is 5.56. The highest BCUT2D eigenvalue weighted by atomic mass is 32.2. The van der Waals surface area contributed by atoms with Crippen molar-refractivity contribution in [3.63, 3.8) is 0 Å². The summed E-state index contributed by atoms with van der Waals surface area (Å²) < 4.78 is 16.6. The van der Waals surface area contributed by atoms with Crippen molar-refractivity contribution in [3.8, 4) is 11.5 Å². The Morgan fingerprint density at radius 3 is 2.72 bits per heavy atom. The summed E-state index contributed by atoms with van der Waals surface area (Å²) >= 11 is 3.86. The van der Waals surface area contributed by atoms with Crippen molar-refractivity contribution in [1.82, 2.24) is 5.16 Å². The van der Waals surface area contributed by atoms with Crippen molar-refractivity contribution >= 4 is 35.2 Å². The standard InChI is InChI=1S/C17H20N2O4S2/c1-10-8-15(19-23-10)18-16(20)11(2)22-13-5-4-12(9-14(13)21-3)17-24-6-7-25-17/h4-5,8-9,11,17H,6-7H2,1-3H3,(H,18,19,20). The summed E-state index contributed by atoms with van der Waals surface area (Å²) in [5.41, 5.74) is 1.20. The summed E-state index contributed by atoms with van der Waals surface area (Å²) in [6.07, 6.45) is -0.702. The number of thioether (sulfide) groups is 2. The van der Waals surface area contributed by atoms with E-state index in [0.29, 0.717) is 27.7 Å². The first kappa shape index (κ1) is 18.0. The molecule has 6 nitrogen and oxygen atoms in total. The largest absolute Gasteiger partial charge is 0.493 e. The van der Waals surface area contributed by atoms with Crippen LogP contribution in [-0.2, 0) is 4.79 Å². The molecule has 2 aromatic rings. The van der Waals surface area contributed by atoms with Gasteiger partial charge >= 0.3 is 0 Å². The Bertz CT molecular complexity index is 744. The minimum Gasteiger partial charge on any atom is -0.493 e. The fourth-order valence-corrected chi connectivity index (χ4v) is 5.21. The fraction of sp³-hybridized carbons (Fsp3) is 0.412. The number of carbonyl (C=O) groups excluding carboxylic acids is 1. The Labute approximate surface area is 155 Å². The summed E-state index contributed by atoms with van der Waals surface area (Å²) in [5, 5.41) is 6.40. The van der Waals surface area contributed by atoms with Gasteiger partial charge in [-0.2, -0.15) is 0 Å². The molecule has 0 radical (unpaired) electrons.